The lowest BCUT2D eigenvalue weighted by atomic mass is 9.03. The van der Waals surface area contributed by atoms with E-state index in [2.05, 4.69) is 34.2 Å². The van der Waals surface area contributed by atoms with Crippen LogP contribution in [0.2, 0.25) is 0 Å². The second-order valence-electron chi connectivity index (χ2n) is 3.58. The summed E-state index contributed by atoms with van der Waals surface area (Å²) in [5.41, 5.74) is 9.06. The van der Waals surface area contributed by atoms with Gasteiger partial charge in [0, 0.05) is 5.69 Å². The van der Waals surface area contributed by atoms with Gasteiger partial charge in [-0.05, 0) is 23.4 Å². The van der Waals surface area contributed by atoms with Crippen molar-refractivity contribution in [3.8, 4) is 0 Å². The average molecular weight is 187 g/mol. The molecule has 0 heterocycles. The Morgan fingerprint density at radius 2 is 2.15 bits per heavy atom. The molecule has 1 rings (SSSR count). The van der Waals surface area contributed by atoms with Gasteiger partial charge in [-0.2, -0.15) is 0 Å². The Hall–Kier alpha value is -0.370. The molecule has 0 aliphatic rings. The second-order valence-corrected chi connectivity index (χ2v) is 4.06. The number of aryl methyl sites for hydroxylation is 1. The SMILES string of the molecule is BBB(B)c1cc(C)c(N)cc1S. The van der Waals surface area contributed by atoms with E-state index in [1.165, 1.54) is 5.46 Å². The highest BCUT2D eigenvalue weighted by Gasteiger charge is 2.11. The predicted molar refractivity (Wildman–Crippen MR) is 72.5 cm³/mol. The normalized spacial score (nSPS) is 9.69. The largest absolute Gasteiger partial charge is 0.398 e. The molecular formula is C7H13B4NS. The molecule has 0 atom stereocenters. The topological polar surface area (TPSA) is 26.0 Å². The van der Waals surface area contributed by atoms with E-state index in [1.807, 2.05) is 13.0 Å². The van der Waals surface area contributed by atoms with Gasteiger partial charge in [-0.15, -0.1) is 12.6 Å². The van der Waals surface area contributed by atoms with Crippen LogP contribution in [0.1, 0.15) is 5.56 Å². The fourth-order valence-corrected chi connectivity index (χ4v) is 1.77. The molecule has 0 aliphatic heterocycles. The Morgan fingerprint density at radius 3 is 2.69 bits per heavy atom. The zero-order chi connectivity index (χ0) is 10.0. The number of nitrogens with two attached hydrogens (primary N) is 1. The lowest BCUT2D eigenvalue weighted by molar-refractivity contribution is 1.42. The van der Waals surface area contributed by atoms with Crippen LogP contribution in [0.3, 0.4) is 0 Å². The van der Waals surface area contributed by atoms with Crippen LogP contribution >= 0.6 is 12.6 Å². The molecule has 0 spiro atoms. The van der Waals surface area contributed by atoms with E-state index in [9.17, 15) is 0 Å². The molecule has 1 aromatic rings. The monoisotopic (exact) mass is 187 g/mol. The number of hydrogen-bond acceptors (Lipinski definition) is 2. The standard InChI is InChI=1S/C7H13B4NS/c1-4-2-5(11(9)10-8)7(13)3-6(4)12/h2-3,10,13H,8-9,12H2,1H3. The Balaban J connectivity index is 3.15. The van der Waals surface area contributed by atoms with Gasteiger partial charge < -0.3 is 5.73 Å². The van der Waals surface area contributed by atoms with Crippen LogP contribution < -0.4 is 11.2 Å². The van der Waals surface area contributed by atoms with Gasteiger partial charge >= 0.3 is 0 Å². The molecule has 0 bridgehead atoms. The molecule has 0 aromatic heterocycles. The minimum Gasteiger partial charge on any atom is -0.398 e. The summed E-state index contributed by atoms with van der Waals surface area (Å²) in [7, 11) is 5.53. The number of nitrogen functional groups attached to an aromatic ring is 1. The van der Waals surface area contributed by atoms with E-state index in [-0.39, 0.29) is 0 Å². The van der Waals surface area contributed by atoms with Crippen LogP contribution in [0.15, 0.2) is 17.0 Å². The second kappa shape index (κ2) is 4.23. The molecule has 64 valence electrons. The lowest BCUT2D eigenvalue weighted by Crippen LogP contribution is -2.39. The van der Waals surface area contributed by atoms with Gasteiger partial charge in [-0.3, -0.25) is 0 Å². The van der Waals surface area contributed by atoms with Gasteiger partial charge in [0.05, 0.1) is 29.0 Å². The summed E-state index contributed by atoms with van der Waals surface area (Å²) in [6.07, 6.45) is 0. The predicted octanol–water partition coefficient (Wildman–Crippen LogP) is -1.82. The first-order valence-electron chi connectivity index (χ1n) is 4.65. The maximum atomic E-state index is 5.78. The van der Waals surface area contributed by atoms with E-state index in [0.717, 1.165) is 23.2 Å². The number of thiol groups is 1. The summed E-state index contributed by atoms with van der Waals surface area (Å²) < 4.78 is 0. The smallest absolute Gasteiger partial charge is 0.0974 e. The number of hydrogen-bond donors (Lipinski definition) is 2. The van der Waals surface area contributed by atoms with Crippen LogP contribution in [0.4, 0.5) is 5.69 Å². The van der Waals surface area contributed by atoms with Crippen molar-refractivity contribution in [1.82, 2.24) is 0 Å². The minimum atomic E-state index is 0.562. The van der Waals surface area contributed by atoms with Crippen molar-refractivity contribution in [3.63, 3.8) is 0 Å². The molecular weight excluding hydrogens is 173 g/mol. The van der Waals surface area contributed by atoms with E-state index in [0.29, 0.717) is 6.49 Å². The molecule has 0 fully saturated rings. The van der Waals surface area contributed by atoms with Crippen molar-refractivity contribution in [2.45, 2.75) is 11.8 Å². The Labute approximate surface area is 88.4 Å². The molecule has 0 saturated heterocycles. The molecule has 1 aromatic carbocycles. The van der Waals surface area contributed by atoms with Crippen molar-refractivity contribution >= 4 is 52.8 Å². The first kappa shape index (κ1) is 10.7. The Kier molecular flexibility index (Phi) is 3.48. The molecule has 1 nitrogen and oxygen atoms in total. The van der Waals surface area contributed by atoms with Gasteiger partial charge in [0.25, 0.3) is 0 Å². The molecule has 2 N–H and O–H groups in total. The molecule has 0 saturated carbocycles. The molecule has 13 heavy (non-hydrogen) atoms. The summed E-state index contributed by atoms with van der Waals surface area (Å²) in [4.78, 5) is 1.01. The van der Waals surface area contributed by atoms with Crippen molar-refractivity contribution in [1.29, 1.82) is 0 Å². The molecule has 6 heteroatoms. The number of anilines is 1. The third-order valence-electron chi connectivity index (χ3n) is 2.56. The van der Waals surface area contributed by atoms with Crippen LogP contribution in [-0.4, -0.2) is 29.0 Å². The number of rotatable bonds is 2. The fourth-order valence-electron chi connectivity index (χ4n) is 1.35. The zero-order valence-corrected chi connectivity index (χ0v) is 9.36. The maximum Gasteiger partial charge on any atom is 0.0974 e. The molecule has 0 unspecified atom stereocenters. The summed E-state index contributed by atoms with van der Waals surface area (Å²) in [5.74, 6) is 0. The van der Waals surface area contributed by atoms with Crippen molar-refractivity contribution in [2.75, 3.05) is 5.73 Å². The third-order valence-corrected chi connectivity index (χ3v) is 2.95. The molecule has 0 radical (unpaired) electrons. The van der Waals surface area contributed by atoms with Crippen LogP contribution in [0.5, 0.6) is 0 Å². The summed E-state index contributed by atoms with van der Waals surface area (Å²) >= 11 is 4.43. The highest BCUT2D eigenvalue weighted by atomic mass is 32.1. The molecule has 0 aliphatic carbocycles. The fraction of sp³-hybridized carbons (Fsp3) is 0.143. The van der Waals surface area contributed by atoms with Crippen LogP contribution in [0.25, 0.3) is 0 Å². The maximum absolute atomic E-state index is 5.78. The van der Waals surface area contributed by atoms with Gasteiger partial charge in [-0.1, -0.05) is 11.5 Å². The third kappa shape index (κ3) is 2.31. The Bertz CT molecular complexity index is 318. The Morgan fingerprint density at radius 1 is 1.54 bits per heavy atom. The first-order chi connectivity index (χ1) is 6.06. The van der Waals surface area contributed by atoms with Crippen LogP contribution in [0, 0.1) is 6.92 Å². The summed E-state index contributed by atoms with van der Waals surface area (Å²) in [6, 6.07) is 4.09. The van der Waals surface area contributed by atoms with Gasteiger partial charge in [-0.25, -0.2) is 0 Å². The zero-order valence-electron chi connectivity index (χ0n) is 8.46. The quantitative estimate of drug-likeness (QED) is 0.318. The van der Waals surface area contributed by atoms with Gasteiger partial charge in [0.2, 0.25) is 0 Å². The van der Waals surface area contributed by atoms with Crippen molar-refractivity contribution in [2.24, 2.45) is 0 Å². The molecule has 0 amide bonds. The van der Waals surface area contributed by atoms with Crippen LogP contribution in [-0.2, 0) is 0 Å². The van der Waals surface area contributed by atoms with Gasteiger partial charge in [0.15, 0.2) is 0 Å². The van der Waals surface area contributed by atoms with Crippen molar-refractivity contribution in [3.05, 3.63) is 17.7 Å². The van der Waals surface area contributed by atoms with E-state index < -0.39 is 0 Å². The number of benzene rings is 1. The highest BCUT2D eigenvalue weighted by molar-refractivity contribution is 7.80. The van der Waals surface area contributed by atoms with E-state index in [1.54, 1.807) is 0 Å². The van der Waals surface area contributed by atoms with Gasteiger partial charge in [0.1, 0.15) is 0 Å². The average Bonchev–Trinajstić information content (AvgIpc) is 2.10. The van der Waals surface area contributed by atoms with Crippen molar-refractivity contribution < 1.29 is 0 Å². The highest BCUT2D eigenvalue weighted by Crippen LogP contribution is 2.14. The lowest BCUT2D eigenvalue weighted by Gasteiger charge is -2.12. The minimum absolute atomic E-state index is 0.562. The van der Waals surface area contributed by atoms with E-state index >= 15 is 0 Å². The summed E-state index contributed by atoms with van der Waals surface area (Å²) in [5, 5.41) is 0. The van der Waals surface area contributed by atoms with E-state index in [4.69, 9.17) is 5.73 Å². The summed E-state index contributed by atoms with van der Waals surface area (Å²) in [6.45, 7) is 2.60. The first-order valence-corrected chi connectivity index (χ1v) is 5.10.